The lowest BCUT2D eigenvalue weighted by Crippen LogP contribution is -2.23. The molecule has 0 atom stereocenters. The molecule has 4 rings (SSSR count). The summed E-state index contributed by atoms with van der Waals surface area (Å²) in [4.78, 5) is 46.2. The summed E-state index contributed by atoms with van der Waals surface area (Å²) in [6.45, 7) is 4.02. The van der Waals surface area contributed by atoms with Crippen LogP contribution in [0.25, 0.3) is 0 Å². The molecule has 4 N–H and O–H groups in total. The Hall–Kier alpha value is -5.64. The van der Waals surface area contributed by atoms with Crippen LogP contribution in [0.5, 0.6) is 11.5 Å². The van der Waals surface area contributed by atoms with E-state index in [0.29, 0.717) is 18.4 Å². The van der Waals surface area contributed by atoms with Gasteiger partial charge in [0.1, 0.15) is 11.5 Å². The SMILES string of the molecule is CN(C)C(=O)Cc1ccc(O)cc1.Cc1ccc(CC(=O)N(C)C)cc1.Cc1ccc(CC(=O)O)cc1.O=C(O)Cc1ccc(O)cc1. The molecule has 0 spiro atoms. The fourth-order valence-electron chi connectivity index (χ4n) is 3.65. The van der Waals surface area contributed by atoms with Crippen LogP contribution >= 0.6 is 0 Å². The van der Waals surface area contributed by atoms with Crippen molar-refractivity contribution in [3.05, 3.63) is 130 Å². The van der Waals surface area contributed by atoms with Gasteiger partial charge < -0.3 is 30.2 Å². The fraction of sp³-hybridized carbons (Fsp3) is 0.263. The van der Waals surface area contributed by atoms with Crippen molar-refractivity contribution in [2.75, 3.05) is 28.2 Å². The first kappa shape index (κ1) is 40.4. The first-order valence-electron chi connectivity index (χ1n) is 15.1. The topological polar surface area (TPSA) is 156 Å². The van der Waals surface area contributed by atoms with Gasteiger partial charge in [0, 0.05) is 28.2 Å². The molecule has 0 aliphatic rings. The van der Waals surface area contributed by atoms with Crippen molar-refractivity contribution in [1.82, 2.24) is 9.80 Å². The molecule has 0 radical (unpaired) electrons. The lowest BCUT2D eigenvalue weighted by Gasteiger charge is -2.09. The number of aliphatic carboxylic acids is 2. The van der Waals surface area contributed by atoms with E-state index in [1.54, 1.807) is 74.4 Å². The molecule has 0 unspecified atom stereocenters. The Morgan fingerprint density at radius 2 is 0.667 bits per heavy atom. The van der Waals surface area contributed by atoms with E-state index in [9.17, 15) is 19.2 Å². The summed E-state index contributed by atoms with van der Waals surface area (Å²) in [6, 6.07) is 28.3. The van der Waals surface area contributed by atoms with E-state index in [2.05, 4.69) is 0 Å². The Morgan fingerprint density at radius 1 is 0.438 bits per heavy atom. The second kappa shape index (κ2) is 21.2. The first-order chi connectivity index (χ1) is 22.5. The van der Waals surface area contributed by atoms with Crippen LogP contribution in [0.3, 0.4) is 0 Å². The number of carbonyl (C=O) groups excluding carboxylic acids is 2. The average molecular weight is 659 g/mol. The Kier molecular flexibility index (Phi) is 17.8. The minimum absolute atomic E-state index is 0.000278. The molecule has 0 bridgehead atoms. The molecule has 0 saturated carbocycles. The van der Waals surface area contributed by atoms with Gasteiger partial charge in [-0.2, -0.15) is 0 Å². The van der Waals surface area contributed by atoms with Crippen LogP contribution in [0.4, 0.5) is 0 Å². The molecule has 2 amide bonds. The maximum Gasteiger partial charge on any atom is 0.307 e. The first-order valence-corrected chi connectivity index (χ1v) is 15.1. The molecule has 0 aliphatic carbocycles. The maximum absolute atomic E-state index is 11.3. The Labute approximate surface area is 282 Å². The molecule has 4 aromatic carbocycles. The van der Waals surface area contributed by atoms with E-state index in [4.69, 9.17) is 20.4 Å². The number of likely N-dealkylation sites (N-methyl/N-ethyl adjacent to an activating group) is 2. The van der Waals surface area contributed by atoms with Crippen molar-refractivity contribution in [1.29, 1.82) is 0 Å². The van der Waals surface area contributed by atoms with Crippen LogP contribution in [0.1, 0.15) is 33.4 Å². The highest BCUT2D eigenvalue weighted by atomic mass is 16.4. The second-order valence-electron chi connectivity index (χ2n) is 11.4. The molecule has 0 heterocycles. The largest absolute Gasteiger partial charge is 0.508 e. The van der Waals surface area contributed by atoms with Crippen molar-refractivity contribution in [3.8, 4) is 11.5 Å². The number of nitrogens with zero attached hydrogens (tertiary/aromatic N) is 2. The number of carbonyl (C=O) groups is 4. The molecule has 10 nitrogen and oxygen atoms in total. The molecule has 4 aromatic rings. The molecule has 0 fully saturated rings. The highest BCUT2D eigenvalue weighted by Crippen LogP contribution is 2.11. The predicted octanol–water partition coefficient (Wildman–Crippen LogP) is 5.29. The van der Waals surface area contributed by atoms with E-state index in [0.717, 1.165) is 22.3 Å². The van der Waals surface area contributed by atoms with Crippen molar-refractivity contribution in [2.24, 2.45) is 0 Å². The average Bonchev–Trinajstić information content (AvgIpc) is 3.02. The quantitative estimate of drug-likeness (QED) is 0.199. The third-order valence-electron chi connectivity index (χ3n) is 6.53. The summed E-state index contributed by atoms with van der Waals surface area (Å²) in [5, 5.41) is 34.7. The second-order valence-corrected chi connectivity index (χ2v) is 11.4. The van der Waals surface area contributed by atoms with Gasteiger partial charge in [-0.25, -0.2) is 0 Å². The third kappa shape index (κ3) is 18.4. The number of hydrogen-bond donors (Lipinski definition) is 4. The van der Waals surface area contributed by atoms with Gasteiger partial charge in [-0.05, 0) is 60.4 Å². The van der Waals surface area contributed by atoms with E-state index in [-0.39, 0.29) is 36.2 Å². The van der Waals surface area contributed by atoms with Gasteiger partial charge in [0.2, 0.25) is 11.8 Å². The van der Waals surface area contributed by atoms with Crippen LogP contribution in [0, 0.1) is 13.8 Å². The Balaban J connectivity index is 0.000000321. The number of aromatic hydroxyl groups is 2. The van der Waals surface area contributed by atoms with Crippen LogP contribution in [0.15, 0.2) is 97.1 Å². The van der Waals surface area contributed by atoms with Gasteiger partial charge in [-0.1, -0.05) is 83.9 Å². The molecule has 0 aliphatic heterocycles. The summed E-state index contributed by atoms with van der Waals surface area (Å²) in [5.74, 6) is -1.07. The summed E-state index contributed by atoms with van der Waals surface area (Å²) in [5.41, 5.74) is 5.90. The summed E-state index contributed by atoms with van der Waals surface area (Å²) < 4.78 is 0. The minimum Gasteiger partial charge on any atom is -0.508 e. The summed E-state index contributed by atoms with van der Waals surface area (Å²) in [7, 11) is 7.00. The molecular formula is C38H46N2O8. The number of hydrogen-bond acceptors (Lipinski definition) is 6. The van der Waals surface area contributed by atoms with Gasteiger partial charge in [0.25, 0.3) is 0 Å². The van der Waals surface area contributed by atoms with E-state index >= 15 is 0 Å². The monoisotopic (exact) mass is 658 g/mol. The molecule has 48 heavy (non-hydrogen) atoms. The molecule has 10 heteroatoms. The fourth-order valence-corrected chi connectivity index (χ4v) is 3.65. The Morgan fingerprint density at radius 3 is 0.896 bits per heavy atom. The number of rotatable bonds is 8. The zero-order valence-corrected chi connectivity index (χ0v) is 28.4. The molecule has 0 aromatic heterocycles. The summed E-state index contributed by atoms with van der Waals surface area (Å²) >= 11 is 0. The van der Waals surface area contributed by atoms with Crippen molar-refractivity contribution < 1.29 is 39.6 Å². The van der Waals surface area contributed by atoms with Crippen LogP contribution in [0.2, 0.25) is 0 Å². The van der Waals surface area contributed by atoms with Crippen LogP contribution in [-0.2, 0) is 44.9 Å². The lowest BCUT2D eigenvalue weighted by molar-refractivity contribution is -0.137. The van der Waals surface area contributed by atoms with Gasteiger partial charge in [0.05, 0.1) is 25.7 Å². The smallest absolute Gasteiger partial charge is 0.307 e. The number of carboxylic acids is 2. The number of carboxylic acid groups (broad SMARTS) is 2. The van der Waals surface area contributed by atoms with E-state index < -0.39 is 11.9 Å². The van der Waals surface area contributed by atoms with E-state index in [1.807, 2.05) is 62.4 Å². The van der Waals surface area contributed by atoms with E-state index in [1.165, 1.54) is 17.7 Å². The van der Waals surface area contributed by atoms with Gasteiger partial charge >= 0.3 is 11.9 Å². The van der Waals surface area contributed by atoms with Gasteiger partial charge in [0.15, 0.2) is 0 Å². The number of phenols is 2. The Bertz CT molecular complexity index is 1440. The normalized spacial score (nSPS) is 9.62. The number of benzene rings is 4. The van der Waals surface area contributed by atoms with Gasteiger partial charge in [-0.15, -0.1) is 0 Å². The molecule has 256 valence electrons. The zero-order chi connectivity index (χ0) is 36.2. The minimum atomic E-state index is -0.865. The highest BCUT2D eigenvalue weighted by Gasteiger charge is 2.05. The third-order valence-corrected chi connectivity index (χ3v) is 6.53. The van der Waals surface area contributed by atoms with Crippen molar-refractivity contribution >= 4 is 23.8 Å². The zero-order valence-electron chi connectivity index (χ0n) is 28.4. The maximum atomic E-state index is 11.3. The van der Waals surface area contributed by atoms with Crippen LogP contribution < -0.4 is 0 Å². The summed E-state index contributed by atoms with van der Waals surface area (Å²) in [6.07, 6.45) is 0.987. The van der Waals surface area contributed by atoms with Crippen molar-refractivity contribution in [3.63, 3.8) is 0 Å². The molecule has 0 saturated heterocycles. The van der Waals surface area contributed by atoms with Gasteiger partial charge in [-0.3, -0.25) is 19.2 Å². The van der Waals surface area contributed by atoms with Crippen molar-refractivity contribution in [2.45, 2.75) is 39.5 Å². The molecular weight excluding hydrogens is 612 g/mol. The predicted molar refractivity (Wildman–Crippen MR) is 186 cm³/mol. The van der Waals surface area contributed by atoms with Crippen LogP contribution in [-0.4, -0.2) is 82.2 Å². The highest BCUT2D eigenvalue weighted by molar-refractivity contribution is 5.78. The number of amides is 2. The lowest BCUT2D eigenvalue weighted by atomic mass is 10.1. The number of phenolic OH excluding ortho intramolecular Hbond substituents is 2. The standard InChI is InChI=1S/C11H15NO.C10H13NO2.C9H10O2.C8H8O3/c1-9-4-6-10(7-5-9)8-11(13)12(2)3;1-11(2)10(13)7-8-3-5-9(12)6-4-8;1-7-2-4-8(5-3-7)6-9(10)11;9-7-3-1-6(2-4-7)5-8(10)11/h4-7H,8H2,1-3H3;3-6,12H,7H2,1-2H3;2-5H,6H2,1H3,(H,10,11);1-4,9H,5H2,(H,10,11). The number of aryl methyl sites for hydroxylation is 2.